The van der Waals surface area contributed by atoms with E-state index in [0.717, 1.165) is 16.5 Å². The highest BCUT2D eigenvalue weighted by atomic mass is 32.2. The quantitative estimate of drug-likeness (QED) is 0.762. The average molecular weight is 285 g/mol. The Balaban J connectivity index is 1.63. The summed E-state index contributed by atoms with van der Waals surface area (Å²) in [5.74, 6) is 1.01. The van der Waals surface area contributed by atoms with E-state index in [1.165, 1.54) is 45.4 Å². The van der Waals surface area contributed by atoms with Crippen LogP contribution in [0.5, 0.6) is 0 Å². The summed E-state index contributed by atoms with van der Waals surface area (Å²) in [6.07, 6.45) is 4.30. The van der Waals surface area contributed by atoms with E-state index in [4.69, 9.17) is 0 Å². The van der Waals surface area contributed by atoms with E-state index < -0.39 is 0 Å². The maximum atomic E-state index is 2.67. The van der Waals surface area contributed by atoms with Crippen molar-refractivity contribution in [3.63, 3.8) is 0 Å². The Bertz CT molecular complexity index is 279. The third kappa shape index (κ3) is 5.28. The van der Waals surface area contributed by atoms with Crippen molar-refractivity contribution < 1.29 is 0 Å². The molecule has 19 heavy (non-hydrogen) atoms. The van der Waals surface area contributed by atoms with Crippen molar-refractivity contribution in [3.05, 3.63) is 0 Å². The molecule has 1 heterocycles. The van der Waals surface area contributed by atoms with E-state index in [2.05, 4.69) is 56.3 Å². The van der Waals surface area contributed by atoms with Crippen molar-refractivity contribution in [2.45, 2.75) is 57.6 Å². The van der Waals surface area contributed by atoms with Crippen molar-refractivity contribution in [1.82, 2.24) is 9.80 Å². The van der Waals surface area contributed by atoms with Gasteiger partial charge in [-0.25, -0.2) is 0 Å². The summed E-state index contributed by atoms with van der Waals surface area (Å²) in [7, 11) is 2.23. The van der Waals surface area contributed by atoms with Crippen LogP contribution in [0, 0.1) is 11.3 Å². The summed E-state index contributed by atoms with van der Waals surface area (Å²) in [6.45, 7) is 14.5. The fourth-order valence-electron chi connectivity index (χ4n) is 2.83. The second-order valence-corrected chi connectivity index (χ2v) is 9.27. The zero-order valence-corrected chi connectivity index (χ0v) is 14.3. The Labute approximate surface area is 124 Å². The van der Waals surface area contributed by atoms with E-state index in [-0.39, 0.29) is 0 Å². The van der Waals surface area contributed by atoms with Crippen molar-refractivity contribution in [2.75, 3.05) is 33.2 Å². The van der Waals surface area contributed by atoms with Gasteiger partial charge in [-0.2, -0.15) is 0 Å². The summed E-state index contributed by atoms with van der Waals surface area (Å²) in [5, 5.41) is 1.68. The van der Waals surface area contributed by atoms with Crippen molar-refractivity contribution in [3.8, 4) is 0 Å². The Morgan fingerprint density at radius 3 is 2.37 bits per heavy atom. The fraction of sp³-hybridized carbons (Fsp3) is 1.00. The first-order valence-electron chi connectivity index (χ1n) is 7.93. The smallest absolute Gasteiger partial charge is 0.0532 e. The van der Waals surface area contributed by atoms with Gasteiger partial charge in [0.25, 0.3) is 0 Å². The van der Waals surface area contributed by atoms with Gasteiger partial charge in [-0.3, -0.25) is 4.90 Å². The molecular formula is C16H32N2S. The van der Waals surface area contributed by atoms with Crippen molar-refractivity contribution in [2.24, 2.45) is 11.3 Å². The lowest BCUT2D eigenvalue weighted by Gasteiger charge is -2.36. The minimum Gasteiger partial charge on any atom is -0.304 e. The molecule has 0 aromatic rings. The molecule has 3 atom stereocenters. The van der Waals surface area contributed by atoms with E-state index >= 15 is 0 Å². The van der Waals surface area contributed by atoms with Crippen LogP contribution in [0.2, 0.25) is 0 Å². The van der Waals surface area contributed by atoms with Crippen molar-refractivity contribution >= 4 is 11.8 Å². The van der Waals surface area contributed by atoms with Gasteiger partial charge < -0.3 is 4.90 Å². The lowest BCUT2D eigenvalue weighted by Crippen LogP contribution is -2.47. The molecule has 0 amide bonds. The van der Waals surface area contributed by atoms with Crippen LogP contribution < -0.4 is 0 Å². The predicted octanol–water partition coefficient (Wildman–Crippen LogP) is 3.53. The highest BCUT2D eigenvalue weighted by Crippen LogP contribution is 2.48. The zero-order valence-electron chi connectivity index (χ0n) is 13.5. The van der Waals surface area contributed by atoms with Crippen LogP contribution in [-0.4, -0.2) is 53.7 Å². The molecule has 2 nitrogen and oxygen atoms in total. The standard InChI is InChI=1S/C16H32N2S/c1-13(18-10-8-17(5)9-11-18)19-15-12-14(15)6-7-16(2,3)4/h13-15H,6-12H2,1-5H3. The van der Waals surface area contributed by atoms with Gasteiger partial charge in [-0.1, -0.05) is 20.8 Å². The summed E-state index contributed by atoms with van der Waals surface area (Å²) in [4.78, 5) is 5.11. The zero-order chi connectivity index (χ0) is 14.0. The molecule has 2 aliphatic rings. The van der Waals surface area contributed by atoms with Gasteiger partial charge in [0.05, 0.1) is 5.37 Å². The molecule has 0 aromatic carbocycles. The topological polar surface area (TPSA) is 6.48 Å². The third-order valence-corrected chi connectivity index (χ3v) is 6.17. The van der Waals surface area contributed by atoms with Crippen LogP contribution >= 0.6 is 11.8 Å². The second-order valence-electron chi connectivity index (χ2n) is 7.71. The molecule has 1 saturated heterocycles. The summed E-state index contributed by atoms with van der Waals surface area (Å²) in [5.41, 5.74) is 0.515. The maximum absolute atomic E-state index is 2.67. The van der Waals surface area contributed by atoms with Gasteiger partial charge in [-0.15, -0.1) is 11.8 Å². The number of hydrogen-bond donors (Lipinski definition) is 0. The number of likely N-dealkylation sites (N-methyl/N-ethyl adjacent to an activating group) is 1. The minimum atomic E-state index is 0.515. The van der Waals surface area contributed by atoms with E-state index in [1.54, 1.807) is 0 Å². The second kappa shape index (κ2) is 6.36. The SMILES string of the molecule is CC(SC1CC1CCC(C)(C)C)N1CCN(C)CC1. The van der Waals surface area contributed by atoms with Gasteiger partial charge in [0.2, 0.25) is 0 Å². The highest BCUT2D eigenvalue weighted by molar-refractivity contribution is 8.00. The molecule has 2 fully saturated rings. The molecule has 3 heteroatoms. The molecule has 1 aliphatic heterocycles. The first-order valence-corrected chi connectivity index (χ1v) is 8.87. The van der Waals surface area contributed by atoms with Gasteiger partial charge in [0.15, 0.2) is 0 Å². The van der Waals surface area contributed by atoms with Crippen LogP contribution in [0.1, 0.15) is 47.0 Å². The predicted molar refractivity (Wildman–Crippen MR) is 86.7 cm³/mol. The molecule has 112 valence electrons. The van der Waals surface area contributed by atoms with Crippen LogP contribution in [0.25, 0.3) is 0 Å². The number of rotatable bonds is 5. The van der Waals surface area contributed by atoms with Gasteiger partial charge >= 0.3 is 0 Å². The Morgan fingerprint density at radius 1 is 1.16 bits per heavy atom. The molecule has 2 rings (SSSR count). The molecule has 1 aliphatic carbocycles. The monoisotopic (exact) mass is 284 g/mol. The van der Waals surface area contributed by atoms with Gasteiger partial charge in [0.1, 0.15) is 0 Å². The summed E-state index contributed by atoms with van der Waals surface area (Å²) >= 11 is 2.24. The minimum absolute atomic E-state index is 0.515. The van der Waals surface area contributed by atoms with Gasteiger partial charge in [-0.05, 0) is 44.6 Å². The first kappa shape index (κ1) is 15.7. The van der Waals surface area contributed by atoms with Gasteiger partial charge in [0, 0.05) is 31.4 Å². The van der Waals surface area contributed by atoms with Crippen molar-refractivity contribution in [1.29, 1.82) is 0 Å². The number of thioether (sulfide) groups is 1. The van der Waals surface area contributed by atoms with E-state index in [9.17, 15) is 0 Å². The Hall–Kier alpha value is 0.270. The van der Waals surface area contributed by atoms with Crippen LogP contribution in [0.3, 0.4) is 0 Å². The third-order valence-electron chi connectivity index (χ3n) is 4.55. The molecule has 1 saturated carbocycles. The summed E-state index contributed by atoms with van der Waals surface area (Å²) in [6, 6.07) is 0. The normalized spacial score (nSPS) is 31.4. The molecule has 0 radical (unpaired) electrons. The lowest BCUT2D eigenvalue weighted by atomic mass is 9.89. The Morgan fingerprint density at radius 2 is 1.79 bits per heavy atom. The maximum Gasteiger partial charge on any atom is 0.0532 e. The molecular weight excluding hydrogens is 252 g/mol. The molecule has 0 spiro atoms. The largest absolute Gasteiger partial charge is 0.304 e. The number of hydrogen-bond acceptors (Lipinski definition) is 3. The summed E-state index contributed by atoms with van der Waals surface area (Å²) < 4.78 is 0. The number of piperazine rings is 1. The lowest BCUT2D eigenvalue weighted by molar-refractivity contribution is 0.149. The average Bonchev–Trinajstić information content (AvgIpc) is 3.05. The molecule has 3 unspecified atom stereocenters. The van der Waals surface area contributed by atoms with E-state index in [0.29, 0.717) is 5.41 Å². The van der Waals surface area contributed by atoms with Crippen LogP contribution in [0.4, 0.5) is 0 Å². The van der Waals surface area contributed by atoms with Crippen LogP contribution in [0.15, 0.2) is 0 Å². The molecule has 0 aromatic heterocycles. The van der Waals surface area contributed by atoms with Crippen LogP contribution in [-0.2, 0) is 0 Å². The van der Waals surface area contributed by atoms with E-state index in [1.807, 2.05) is 0 Å². The highest BCUT2D eigenvalue weighted by Gasteiger charge is 2.39. The molecule has 0 N–H and O–H groups in total. The molecule has 0 bridgehead atoms. The first-order chi connectivity index (χ1) is 8.85. The fourth-order valence-corrected chi connectivity index (χ4v) is 4.44. The Kier molecular flexibility index (Phi) is 5.24. The number of nitrogens with zero attached hydrogens (tertiary/aromatic N) is 2.